The van der Waals surface area contributed by atoms with Gasteiger partial charge in [-0.15, -0.1) is 0 Å². The van der Waals surface area contributed by atoms with Crippen molar-refractivity contribution in [3.8, 4) is 0 Å². The summed E-state index contributed by atoms with van der Waals surface area (Å²) in [4.78, 5) is 45.4. The molecule has 0 amide bonds. The molecule has 11 heteroatoms. The van der Waals surface area contributed by atoms with Crippen molar-refractivity contribution in [2.75, 3.05) is 0 Å². The third-order valence-electron chi connectivity index (χ3n) is 5.34. The van der Waals surface area contributed by atoms with E-state index in [2.05, 4.69) is 49.8 Å². The Labute approximate surface area is 210 Å². The second kappa shape index (κ2) is 8.41. The van der Waals surface area contributed by atoms with Crippen LogP contribution < -0.4 is 9.97 Å². The molecule has 0 radical (unpaired) electrons. The zero-order chi connectivity index (χ0) is 22.5. The molecule has 7 aromatic rings. The van der Waals surface area contributed by atoms with Crippen LogP contribution in [0.25, 0.3) is 66.7 Å². The van der Waals surface area contributed by atoms with E-state index in [0.717, 1.165) is 21.5 Å². The van der Waals surface area contributed by atoms with Crippen LogP contribution in [0.3, 0.4) is 0 Å². The van der Waals surface area contributed by atoms with Crippen LogP contribution in [0.1, 0.15) is 0 Å². The molecule has 0 N–H and O–H groups in total. The molecule has 0 saturated carbocycles. The van der Waals surface area contributed by atoms with Crippen LogP contribution in [-0.2, 0) is 21.1 Å². The van der Waals surface area contributed by atoms with Crippen LogP contribution in [0, 0.1) is 0 Å². The van der Waals surface area contributed by atoms with Crippen molar-refractivity contribution >= 4 is 66.7 Å². The monoisotopic (exact) mass is 635 g/mol. The normalized spacial score (nSPS) is 11.2. The van der Waals surface area contributed by atoms with Gasteiger partial charge in [0.2, 0.25) is 0 Å². The Morgan fingerprint density at radius 3 is 0.971 bits per heavy atom. The van der Waals surface area contributed by atoms with Crippen LogP contribution in [0.4, 0.5) is 0 Å². The molecule has 35 heavy (non-hydrogen) atoms. The number of rotatable bonds is 0. The third-order valence-corrected chi connectivity index (χ3v) is 5.34. The summed E-state index contributed by atoms with van der Waals surface area (Å²) in [5, 5.41) is 3.38. The zero-order valence-corrected chi connectivity index (χ0v) is 20.0. The van der Waals surface area contributed by atoms with E-state index in [1.54, 1.807) is 24.8 Å². The molecule has 0 atom stereocenters. The maximum Gasteiger partial charge on any atom is 2.00 e. The topological polar surface area (TPSA) is 131 Å². The number of fused-ring (bicyclic) bond motifs is 14. The molecular weight excluding hydrogens is 623 g/mol. The molecule has 0 saturated heterocycles. The summed E-state index contributed by atoms with van der Waals surface area (Å²) in [6.45, 7) is 0. The predicted molar refractivity (Wildman–Crippen MR) is 127 cm³/mol. The molecule has 7 rings (SSSR count). The first-order valence-electron chi connectivity index (χ1n) is 10.4. The molecule has 5 aromatic heterocycles. The van der Waals surface area contributed by atoms with Gasteiger partial charge in [-0.2, -0.15) is 0 Å². The Bertz CT molecular complexity index is 1720. The van der Waals surface area contributed by atoms with Gasteiger partial charge in [-0.3, -0.25) is 9.97 Å². The first-order chi connectivity index (χ1) is 16.8. The Morgan fingerprint density at radius 1 is 0.400 bits per heavy atom. The second-order valence-electron chi connectivity index (χ2n) is 7.53. The quantitative estimate of drug-likeness (QED) is 0.245. The standard InChI is InChI=1S/C24H12N10.Pt/c1-2-6-14-13(5-1)21-29-17-9-25-11-19(27-17)31-23-15-7-3-4-8-16(15)24(34-23)32-20-12-26-10-18(28-20)30-22(14)33-21;/h1-12H;/q-2;+2. The summed E-state index contributed by atoms with van der Waals surface area (Å²) < 4.78 is 0. The minimum absolute atomic E-state index is 0. The minimum Gasteiger partial charge on any atom is -0.357 e. The van der Waals surface area contributed by atoms with Gasteiger partial charge >= 0.3 is 21.1 Å². The van der Waals surface area contributed by atoms with E-state index in [-0.39, 0.29) is 21.1 Å². The number of hydrogen-bond acceptors (Lipinski definition) is 8. The predicted octanol–water partition coefficient (Wildman–Crippen LogP) is 3.36. The van der Waals surface area contributed by atoms with Gasteiger partial charge in [0.25, 0.3) is 0 Å². The Morgan fingerprint density at radius 2 is 0.686 bits per heavy atom. The van der Waals surface area contributed by atoms with Gasteiger partial charge in [0.15, 0.2) is 0 Å². The van der Waals surface area contributed by atoms with E-state index in [1.807, 2.05) is 48.5 Å². The summed E-state index contributed by atoms with van der Waals surface area (Å²) in [6, 6.07) is 15.5. The first kappa shape index (κ1) is 21.1. The minimum atomic E-state index is 0. The van der Waals surface area contributed by atoms with Crippen molar-refractivity contribution in [3.05, 3.63) is 73.3 Å². The number of aromatic nitrogens is 10. The molecule has 0 spiro atoms. The van der Waals surface area contributed by atoms with Gasteiger partial charge in [-0.1, -0.05) is 48.5 Å². The largest absolute Gasteiger partial charge is 2.00 e. The maximum absolute atomic E-state index is 4.64. The molecule has 0 unspecified atom stereocenters. The van der Waals surface area contributed by atoms with Crippen molar-refractivity contribution in [1.29, 1.82) is 0 Å². The molecule has 0 aliphatic carbocycles. The summed E-state index contributed by atoms with van der Waals surface area (Å²) in [5.41, 5.74) is 3.47. The van der Waals surface area contributed by atoms with Gasteiger partial charge in [-0.05, 0) is 21.5 Å². The SMILES string of the molecule is [Pt+2].c1ccc2c3nc4cncc(n4)nc4[n-]c(nc5cncc(n5)nc([n-]3)c2c1)c1ccccc41. The van der Waals surface area contributed by atoms with E-state index >= 15 is 0 Å². The van der Waals surface area contributed by atoms with Gasteiger partial charge in [0, 0.05) is 22.6 Å². The van der Waals surface area contributed by atoms with Crippen LogP contribution >= 0.6 is 0 Å². The number of hydrogen-bond donors (Lipinski definition) is 0. The van der Waals surface area contributed by atoms with Crippen molar-refractivity contribution in [1.82, 2.24) is 49.8 Å². The average Bonchev–Trinajstić information content (AvgIpc) is 3.37. The molecule has 168 valence electrons. The molecule has 2 aromatic carbocycles. The fourth-order valence-electron chi connectivity index (χ4n) is 3.87. The van der Waals surface area contributed by atoms with E-state index in [0.29, 0.717) is 45.2 Å². The van der Waals surface area contributed by atoms with Crippen LogP contribution in [-0.4, -0.2) is 39.9 Å². The van der Waals surface area contributed by atoms with Gasteiger partial charge in [0.1, 0.15) is 22.6 Å². The molecule has 10 nitrogen and oxygen atoms in total. The molecule has 8 bridgehead atoms. The zero-order valence-electron chi connectivity index (χ0n) is 17.7. The fourth-order valence-corrected chi connectivity index (χ4v) is 3.87. The van der Waals surface area contributed by atoms with Gasteiger partial charge in [-0.25, -0.2) is 9.97 Å². The smallest absolute Gasteiger partial charge is 0.357 e. The van der Waals surface area contributed by atoms with Gasteiger partial charge < -0.3 is 29.9 Å². The summed E-state index contributed by atoms with van der Waals surface area (Å²) in [5.74, 6) is 0. The van der Waals surface area contributed by atoms with E-state index in [4.69, 9.17) is 0 Å². The molecule has 0 aliphatic rings. The van der Waals surface area contributed by atoms with E-state index in [9.17, 15) is 0 Å². The summed E-state index contributed by atoms with van der Waals surface area (Å²) in [7, 11) is 0. The maximum atomic E-state index is 4.64. The number of benzene rings is 2. The molecular formula is C24H12N10Pt. The van der Waals surface area contributed by atoms with Crippen molar-refractivity contribution in [2.45, 2.75) is 0 Å². The van der Waals surface area contributed by atoms with Crippen LogP contribution in [0.5, 0.6) is 0 Å². The van der Waals surface area contributed by atoms with Crippen LogP contribution in [0.15, 0.2) is 73.3 Å². The first-order valence-corrected chi connectivity index (χ1v) is 10.4. The Kier molecular flexibility index (Phi) is 5.08. The van der Waals surface area contributed by atoms with Crippen LogP contribution in [0.2, 0.25) is 0 Å². The third kappa shape index (κ3) is 3.73. The van der Waals surface area contributed by atoms with Crippen molar-refractivity contribution < 1.29 is 21.1 Å². The molecule has 0 aliphatic heterocycles. The molecule has 5 heterocycles. The number of nitrogens with zero attached hydrogens (tertiary/aromatic N) is 10. The average molecular weight is 636 g/mol. The Hall–Kier alpha value is -4.43. The summed E-state index contributed by atoms with van der Waals surface area (Å²) >= 11 is 0. The van der Waals surface area contributed by atoms with E-state index in [1.165, 1.54) is 0 Å². The van der Waals surface area contributed by atoms with Crippen molar-refractivity contribution in [2.24, 2.45) is 0 Å². The Balaban J connectivity index is 0.00000229. The molecule has 0 fully saturated rings. The van der Waals surface area contributed by atoms with Gasteiger partial charge in [0.05, 0.1) is 24.8 Å². The van der Waals surface area contributed by atoms with E-state index < -0.39 is 0 Å². The summed E-state index contributed by atoms with van der Waals surface area (Å²) in [6.07, 6.45) is 6.26. The second-order valence-corrected chi connectivity index (χ2v) is 7.53. The fraction of sp³-hybridized carbons (Fsp3) is 0. The van der Waals surface area contributed by atoms with Crippen molar-refractivity contribution in [3.63, 3.8) is 0 Å².